The van der Waals surface area contributed by atoms with E-state index in [-0.39, 0.29) is 11.4 Å². The monoisotopic (exact) mass is 327 g/mol. The van der Waals surface area contributed by atoms with Crippen molar-refractivity contribution in [1.82, 2.24) is 0 Å². The molecule has 0 bridgehead atoms. The first-order valence-electron chi connectivity index (χ1n) is 7.02. The molecule has 1 N–H and O–H groups in total. The molecule has 1 unspecified atom stereocenters. The van der Waals surface area contributed by atoms with Crippen LogP contribution in [-0.4, -0.2) is 18.2 Å². The van der Waals surface area contributed by atoms with Gasteiger partial charge >= 0.3 is 0 Å². The summed E-state index contributed by atoms with van der Waals surface area (Å²) in [7, 11) is 0. The Morgan fingerprint density at radius 2 is 2.11 bits per heavy atom. The minimum absolute atomic E-state index is 0.101. The maximum Gasteiger partial charge on any atom is 0.139 e. The number of hydrogen-bond donors (Lipinski definition) is 1. The van der Waals surface area contributed by atoms with Crippen molar-refractivity contribution < 1.29 is 9.13 Å². The molecule has 2 fully saturated rings. The van der Waals surface area contributed by atoms with Crippen molar-refractivity contribution in [3.63, 3.8) is 0 Å². The van der Waals surface area contributed by atoms with Gasteiger partial charge in [0.05, 0.1) is 10.1 Å². The van der Waals surface area contributed by atoms with Crippen LogP contribution in [-0.2, 0) is 4.74 Å². The van der Waals surface area contributed by atoms with E-state index in [2.05, 4.69) is 21.2 Å². The molecule has 1 saturated carbocycles. The van der Waals surface area contributed by atoms with Gasteiger partial charge in [-0.1, -0.05) is 12.8 Å². The summed E-state index contributed by atoms with van der Waals surface area (Å²) in [6.07, 6.45) is 6.96. The number of anilines is 1. The molecule has 2 nitrogen and oxygen atoms in total. The Balaban J connectivity index is 1.67. The third-order valence-corrected chi connectivity index (χ3v) is 4.94. The quantitative estimate of drug-likeness (QED) is 0.863. The van der Waals surface area contributed by atoms with Crippen LogP contribution in [0.3, 0.4) is 0 Å². The van der Waals surface area contributed by atoms with Crippen LogP contribution >= 0.6 is 15.9 Å². The van der Waals surface area contributed by atoms with E-state index in [1.54, 1.807) is 12.1 Å². The van der Waals surface area contributed by atoms with Gasteiger partial charge < -0.3 is 10.1 Å². The maximum atomic E-state index is 13.5. The first-order chi connectivity index (χ1) is 9.17. The Morgan fingerprint density at radius 3 is 2.84 bits per heavy atom. The Morgan fingerprint density at radius 1 is 1.32 bits per heavy atom. The zero-order valence-corrected chi connectivity index (χ0v) is 12.5. The van der Waals surface area contributed by atoms with Crippen molar-refractivity contribution >= 4 is 21.6 Å². The third kappa shape index (κ3) is 2.95. The zero-order chi connectivity index (χ0) is 13.3. The first kappa shape index (κ1) is 13.4. The van der Waals surface area contributed by atoms with E-state index in [4.69, 9.17) is 4.74 Å². The highest BCUT2D eigenvalue weighted by molar-refractivity contribution is 9.10. The molecule has 0 amide bonds. The number of nitrogens with one attached hydrogen (secondary N) is 1. The highest BCUT2D eigenvalue weighted by Crippen LogP contribution is 2.40. The van der Waals surface area contributed by atoms with Gasteiger partial charge in [0.15, 0.2) is 0 Å². The highest BCUT2D eigenvalue weighted by Gasteiger charge is 2.39. The van der Waals surface area contributed by atoms with Gasteiger partial charge in [-0.2, -0.15) is 0 Å². The molecule has 0 radical (unpaired) electrons. The summed E-state index contributed by atoms with van der Waals surface area (Å²) >= 11 is 3.18. The van der Waals surface area contributed by atoms with E-state index in [1.807, 2.05) is 6.07 Å². The predicted octanol–water partition coefficient (Wildman–Crippen LogP) is 4.49. The molecule has 19 heavy (non-hydrogen) atoms. The molecule has 1 spiro atoms. The largest absolute Gasteiger partial charge is 0.382 e. The number of benzene rings is 1. The van der Waals surface area contributed by atoms with Crippen molar-refractivity contribution in [2.24, 2.45) is 0 Å². The number of halogens is 2. The van der Waals surface area contributed by atoms with Crippen LogP contribution in [0.2, 0.25) is 0 Å². The third-order valence-electron chi connectivity index (χ3n) is 4.30. The molecule has 4 heteroatoms. The molecule has 0 aromatic heterocycles. The fraction of sp³-hybridized carbons (Fsp3) is 0.600. The summed E-state index contributed by atoms with van der Waals surface area (Å²) < 4.78 is 20.0. The van der Waals surface area contributed by atoms with Crippen molar-refractivity contribution in [3.8, 4) is 0 Å². The summed E-state index contributed by atoms with van der Waals surface area (Å²) in [6, 6.07) is 5.63. The minimum atomic E-state index is -0.215. The molecule has 104 valence electrons. The number of rotatable bonds is 2. The first-order valence-corrected chi connectivity index (χ1v) is 7.82. The SMILES string of the molecule is Fc1cc(NC2CCOC3(CCCC3)C2)ccc1Br. The molecule has 1 heterocycles. The Labute approximate surface area is 121 Å². The second-order valence-electron chi connectivity index (χ2n) is 5.70. The standard InChI is InChI=1S/C15H19BrFNO/c16-13-4-3-11(9-14(13)17)18-12-5-8-19-15(10-12)6-1-2-7-15/h3-4,9,12,18H,1-2,5-8,10H2. The van der Waals surface area contributed by atoms with Gasteiger partial charge in [0, 0.05) is 18.3 Å². The topological polar surface area (TPSA) is 21.3 Å². The van der Waals surface area contributed by atoms with Gasteiger partial charge in [-0.15, -0.1) is 0 Å². The molecule has 1 atom stereocenters. The summed E-state index contributed by atoms with van der Waals surface area (Å²) in [5.41, 5.74) is 0.963. The highest BCUT2D eigenvalue weighted by atomic mass is 79.9. The second-order valence-corrected chi connectivity index (χ2v) is 6.56. The fourth-order valence-corrected chi connectivity index (χ4v) is 3.59. The molecule has 1 aliphatic carbocycles. The van der Waals surface area contributed by atoms with E-state index in [1.165, 1.54) is 25.7 Å². The molecule has 1 aromatic carbocycles. The van der Waals surface area contributed by atoms with Crippen molar-refractivity contribution in [2.45, 2.75) is 50.2 Å². The van der Waals surface area contributed by atoms with E-state index in [0.29, 0.717) is 10.5 Å². The van der Waals surface area contributed by atoms with Gasteiger partial charge in [0.25, 0.3) is 0 Å². The van der Waals surface area contributed by atoms with Crippen LogP contribution in [0.4, 0.5) is 10.1 Å². The molecular formula is C15H19BrFNO. The Hall–Kier alpha value is -0.610. The number of ether oxygens (including phenoxy) is 1. The van der Waals surface area contributed by atoms with Crippen molar-refractivity contribution in [1.29, 1.82) is 0 Å². The molecule has 3 rings (SSSR count). The lowest BCUT2D eigenvalue weighted by atomic mass is 9.89. The lowest BCUT2D eigenvalue weighted by Crippen LogP contribution is -2.42. The average Bonchev–Trinajstić information content (AvgIpc) is 2.82. The Kier molecular flexibility index (Phi) is 3.81. The molecular weight excluding hydrogens is 309 g/mol. The molecule has 2 aliphatic rings. The second kappa shape index (κ2) is 5.41. The van der Waals surface area contributed by atoms with E-state index in [0.717, 1.165) is 25.1 Å². The van der Waals surface area contributed by atoms with E-state index >= 15 is 0 Å². The smallest absolute Gasteiger partial charge is 0.139 e. The van der Waals surface area contributed by atoms with Crippen LogP contribution in [0.25, 0.3) is 0 Å². The van der Waals surface area contributed by atoms with E-state index < -0.39 is 0 Å². The fourth-order valence-electron chi connectivity index (χ4n) is 3.34. The van der Waals surface area contributed by atoms with Gasteiger partial charge in [0.2, 0.25) is 0 Å². The summed E-state index contributed by atoms with van der Waals surface area (Å²) in [4.78, 5) is 0. The summed E-state index contributed by atoms with van der Waals surface area (Å²) in [5, 5.41) is 3.46. The molecule has 1 aromatic rings. The van der Waals surface area contributed by atoms with Gasteiger partial charge in [0.1, 0.15) is 5.82 Å². The average molecular weight is 328 g/mol. The van der Waals surface area contributed by atoms with Crippen molar-refractivity contribution in [3.05, 3.63) is 28.5 Å². The van der Waals surface area contributed by atoms with Crippen LogP contribution in [0.5, 0.6) is 0 Å². The van der Waals surface area contributed by atoms with Gasteiger partial charge in [-0.05, 0) is 59.8 Å². The lowest BCUT2D eigenvalue weighted by molar-refractivity contribution is -0.0767. The summed E-state index contributed by atoms with van der Waals surface area (Å²) in [5.74, 6) is -0.215. The van der Waals surface area contributed by atoms with Crippen LogP contribution in [0.15, 0.2) is 22.7 Å². The normalized spacial score (nSPS) is 25.7. The molecule has 1 saturated heterocycles. The summed E-state index contributed by atoms with van der Waals surface area (Å²) in [6.45, 7) is 0.816. The Bertz CT molecular complexity index is 459. The maximum absolute atomic E-state index is 13.5. The zero-order valence-electron chi connectivity index (χ0n) is 10.9. The van der Waals surface area contributed by atoms with Crippen molar-refractivity contribution in [2.75, 3.05) is 11.9 Å². The van der Waals surface area contributed by atoms with Crippen LogP contribution < -0.4 is 5.32 Å². The number of hydrogen-bond acceptors (Lipinski definition) is 2. The predicted molar refractivity (Wildman–Crippen MR) is 77.9 cm³/mol. The minimum Gasteiger partial charge on any atom is -0.382 e. The van der Waals surface area contributed by atoms with Gasteiger partial charge in [-0.3, -0.25) is 0 Å². The van der Waals surface area contributed by atoms with E-state index in [9.17, 15) is 4.39 Å². The van der Waals surface area contributed by atoms with Crippen LogP contribution in [0.1, 0.15) is 38.5 Å². The molecule has 1 aliphatic heterocycles. The van der Waals surface area contributed by atoms with Crippen LogP contribution in [0, 0.1) is 5.82 Å². The lowest BCUT2D eigenvalue weighted by Gasteiger charge is -2.39. The van der Waals surface area contributed by atoms with Gasteiger partial charge in [-0.25, -0.2) is 4.39 Å².